The van der Waals surface area contributed by atoms with Crippen LogP contribution in [-0.4, -0.2) is 36.0 Å². The smallest absolute Gasteiger partial charge is 0.00698 e. The Labute approximate surface area is 99.5 Å². The molecular weight excluding hydrogens is 210 g/mol. The van der Waals surface area contributed by atoms with Crippen LogP contribution in [0.2, 0.25) is 0 Å². The van der Waals surface area contributed by atoms with Crippen molar-refractivity contribution >= 4 is 25.3 Å². The number of rotatable bonds is 6. The van der Waals surface area contributed by atoms with Gasteiger partial charge in [0.15, 0.2) is 0 Å². The van der Waals surface area contributed by atoms with Crippen molar-refractivity contribution in [3.8, 4) is 0 Å². The quantitative estimate of drug-likeness (QED) is 0.527. The van der Waals surface area contributed by atoms with Gasteiger partial charge in [-0.25, -0.2) is 0 Å². The molecule has 0 N–H and O–H groups in total. The maximum atomic E-state index is 4.27. The summed E-state index contributed by atoms with van der Waals surface area (Å²) in [5.41, 5.74) is 0. The third kappa shape index (κ3) is 4.94. The minimum Gasteiger partial charge on any atom is -0.303 e. The highest BCUT2D eigenvalue weighted by molar-refractivity contribution is 7.80. The van der Waals surface area contributed by atoms with E-state index in [1.807, 2.05) is 0 Å². The summed E-state index contributed by atoms with van der Waals surface area (Å²) < 4.78 is 0. The first-order valence-corrected chi connectivity index (χ1v) is 7.07. The summed E-state index contributed by atoms with van der Waals surface area (Å²) in [5, 5.41) is 0. The van der Waals surface area contributed by atoms with Crippen molar-refractivity contribution in [3.63, 3.8) is 0 Å². The van der Waals surface area contributed by atoms with E-state index in [4.69, 9.17) is 0 Å². The van der Waals surface area contributed by atoms with Gasteiger partial charge in [-0.1, -0.05) is 12.8 Å². The number of nitrogens with zero attached hydrogens (tertiary/aromatic N) is 1. The molecule has 0 saturated carbocycles. The molecular formula is C11H23NS2. The Balaban J connectivity index is 2.03. The molecule has 0 unspecified atom stereocenters. The van der Waals surface area contributed by atoms with Gasteiger partial charge in [-0.15, -0.1) is 0 Å². The van der Waals surface area contributed by atoms with Crippen LogP contribution in [0.15, 0.2) is 0 Å². The molecule has 0 aromatic rings. The first kappa shape index (κ1) is 12.7. The second kappa shape index (κ2) is 7.89. The molecule has 1 nitrogen and oxygen atoms in total. The van der Waals surface area contributed by atoms with Gasteiger partial charge >= 0.3 is 0 Å². The van der Waals surface area contributed by atoms with Gasteiger partial charge in [0.1, 0.15) is 0 Å². The standard InChI is InChI=1S/C11H23NS2/c13-9-2-1-3-11-4-6-12(7-5-11)8-10-14/h11,13-14H,1-10H2. The molecule has 3 heteroatoms. The summed E-state index contributed by atoms with van der Waals surface area (Å²) in [5.74, 6) is 3.05. The number of piperidine rings is 1. The minimum absolute atomic E-state index is 0.992. The summed E-state index contributed by atoms with van der Waals surface area (Å²) in [7, 11) is 0. The molecule has 0 atom stereocenters. The van der Waals surface area contributed by atoms with Crippen LogP contribution < -0.4 is 0 Å². The molecule has 1 saturated heterocycles. The zero-order valence-corrected chi connectivity index (χ0v) is 10.8. The van der Waals surface area contributed by atoms with Crippen molar-refractivity contribution in [3.05, 3.63) is 0 Å². The van der Waals surface area contributed by atoms with Crippen LogP contribution in [0.5, 0.6) is 0 Å². The normalized spacial score (nSPS) is 20.1. The van der Waals surface area contributed by atoms with E-state index in [0.29, 0.717) is 0 Å². The maximum Gasteiger partial charge on any atom is 0.00698 e. The number of likely N-dealkylation sites (tertiary alicyclic amines) is 1. The number of hydrogen-bond acceptors (Lipinski definition) is 3. The fourth-order valence-corrected chi connectivity index (χ4v) is 2.69. The zero-order chi connectivity index (χ0) is 10.2. The average molecular weight is 233 g/mol. The molecule has 1 aliphatic heterocycles. The Bertz CT molecular complexity index is 133. The van der Waals surface area contributed by atoms with Crippen LogP contribution in [-0.2, 0) is 0 Å². The molecule has 0 spiro atoms. The van der Waals surface area contributed by atoms with E-state index in [2.05, 4.69) is 30.2 Å². The molecule has 0 aliphatic carbocycles. The van der Waals surface area contributed by atoms with Gasteiger partial charge in [-0.3, -0.25) is 0 Å². The Morgan fingerprint density at radius 2 is 1.71 bits per heavy atom. The van der Waals surface area contributed by atoms with Crippen LogP contribution in [0.25, 0.3) is 0 Å². The van der Waals surface area contributed by atoms with Crippen LogP contribution in [0.1, 0.15) is 32.1 Å². The molecule has 14 heavy (non-hydrogen) atoms. The third-order valence-corrected chi connectivity index (χ3v) is 3.66. The fraction of sp³-hybridized carbons (Fsp3) is 1.00. The Morgan fingerprint density at radius 1 is 1.00 bits per heavy atom. The Hall–Kier alpha value is 0.660. The molecule has 1 rings (SSSR count). The first-order chi connectivity index (χ1) is 6.86. The van der Waals surface area contributed by atoms with Gasteiger partial charge in [0.2, 0.25) is 0 Å². The Kier molecular flexibility index (Phi) is 7.17. The number of hydrogen-bond donors (Lipinski definition) is 2. The summed E-state index contributed by atoms with van der Waals surface area (Å²) in [6.07, 6.45) is 6.90. The second-order valence-electron chi connectivity index (χ2n) is 4.23. The predicted octanol–water partition coefficient (Wildman–Crippen LogP) is 2.73. The molecule has 0 aromatic carbocycles. The van der Waals surface area contributed by atoms with Gasteiger partial charge < -0.3 is 4.90 Å². The van der Waals surface area contributed by atoms with Crippen molar-refractivity contribution in [2.75, 3.05) is 31.1 Å². The molecule has 1 aliphatic rings. The topological polar surface area (TPSA) is 3.24 Å². The largest absolute Gasteiger partial charge is 0.303 e. The monoisotopic (exact) mass is 233 g/mol. The van der Waals surface area contributed by atoms with E-state index < -0.39 is 0 Å². The molecule has 1 heterocycles. The number of thiol groups is 2. The van der Waals surface area contributed by atoms with Crippen LogP contribution in [0.4, 0.5) is 0 Å². The molecule has 84 valence electrons. The lowest BCUT2D eigenvalue weighted by atomic mass is 9.92. The predicted molar refractivity (Wildman–Crippen MR) is 70.7 cm³/mol. The molecule has 0 radical (unpaired) electrons. The van der Waals surface area contributed by atoms with Crippen molar-refractivity contribution in [2.24, 2.45) is 5.92 Å². The van der Waals surface area contributed by atoms with Crippen molar-refractivity contribution < 1.29 is 0 Å². The summed E-state index contributed by atoms with van der Waals surface area (Å²) in [6.45, 7) is 3.77. The lowest BCUT2D eigenvalue weighted by Crippen LogP contribution is -2.34. The van der Waals surface area contributed by atoms with E-state index in [9.17, 15) is 0 Å². The molecule has 0 aromatic heterocycles. The molecule has 0 amide bonds. The molecule has 0 bridgehead atoms. The summed E-state index contributed by atoms with van der Waals surface area (Å²) >= 11 is 8.52. The van der Waals surface area contributed by atoms with Gasteiger partial charge in [0.25, 0.3) is 0 Å². The van der Waals surface area contributed by atoms with E-state index in [1.165, 1.54) is 51.7 Å². The maximum absolute atomic E-state index is 4.27. The molecule has 1 fully saturated rings. The van der Waals surface area contributed by atoms with Crippen LogP contribution in [0, 0.1) is 5.92 Å². The van der Waals surface area contributed by atoms with E-state index in [0.717, 1.165) is 17.4 Å². The van der Waals surface area contributed by atoms with Gasteiger partial charge in [0.05, 0.1) is 0 Å². The van der Waals surface area contributed by atoms with E-state index in [-0.39, 0.29) is 0 Å². The van der Waals surface area contributed by atoms with Crippen molar-refractivity contribution in [2.45, 2.75) is 32.1 Å². The lowest BCUT2D eigenvalue weighted by Gasteiger charge is -2.31. The summed E-state index contributed by atoms with van der Waals surface area (Å²) in [4.78, 5) is 2.54. The van der Waals surface area contributed by atoms with Gasteiger partial charge in [-0.2, -0.15) is 25.3 Å². The first-order valence-electron chi connectivity index (χ1n) is 5.81. The fourth-order valence-electron chi connectivity index (χ4n) is 2.18. The van der Waals surface area contributed by atoms with Crippen LogP contribution in [0.3, 0.4) is 0 Å². The highest BCUT2D eigenvalue weighted by Gasteiger charge is 2.17. The van der Waals surface area contributed by atoms with Gasteiger partial charge in [0, 0.05) is 12.3 Å². The summed E-state index contributed by atoms with van der Waals surface area (Å²) in [6, 6.07) is 0. The van der Waals surface area contributed by atoms with Crippen molar-refractivity contribution in [1.29, 1.82) is 0 Å². The second-order valence-corrected chi connectivity index (χ2v) is 5.12. The lowest BCUT2D eigenvalue weighted by molar-refractivity contribution is 0.186. The van der Waals surface area contributed by atoms with Crippen LogP contribution >= 0.6 is 25.3 Å². The minimum atomic E-state index is 0.992. The highest BCUT2D eigenvalue weighted by Crippen LogP contribution is 2.22. The average Bonchev–Trinajstić information content (AvgIpc) is 2.21. The SMILES string of the molecule is SCCCCC1CCN(CCS)CC1. The van der Waals surface area contributed by atoms with Gasteiger partial charge in [-0.05, 0) is 44.0 Å². The number of unbranched alkanes of at least 4 members (excludes halogenated alkanes) is 1. The van der Waals surface area contributed by atoms with E-state index >= 15 is 0 Å². The van der Waals surface area contributed by atoms with E-state index in [1.54, 1.807) is 0 Å². The highest BCUT2D eigenvalue weighted by atomic mass is 32.1. The third-order valence-electron chi connectivity index (χ3n) is 3.14. The zero-order valence-electron chi connectivity index (χ0n) is 8.99. The van der Waals surface area contributed by atoms with Crippen molar-refractivity contribution in [1.82, 2.24) is 4.90 Å². The Morgan fingerprint density at radius 3 is 2.29 bits per heavy atom.